The monoisotopic (exact) mass is 363 g/mol. The number of rotatable bonds is 5. The number of benzene rings is 3. The van der Waals surface area contributed by atoms with Crippen molar-refractivity contribution in [2.75, 3.05) is 5.32 Å². The van der Waals surface area contributed by atoms with E-state index in [1.54, 1.807) is 18.2 Å². The Kier molecular flexibility index (Phi) is 5.16. The van der Waals surface area contributed by atoms with Crippen LogP contribution in [0, 0.1) is 21.4 Å². The molecule has 0 saturated heterocycles. The van der Waals surface area contributed by atoms with Gasteiger partial charge in [-0.25, -0.2) is 0 Å². The Bertz CT molecular complexity index is 995. The first kappa shape index (κ1) is 17.5. The largest absolute Gasteiger partial charge is 0.375 e. The normalized spacial score (nSPS) is 10.2. The van der Waals surface area contributed by atoms with E-state index < -0.39 is 4.92 Å². The Balaban J connectivity index is 1.77. The molecule has 0 atom stereocenters. The summed E-state index contributed by atoms with van der Waals surface area (Å²) in [5.41, 5.74) is 3.77. The van der Waals surface area contributed by atoms with E-state index >= 15 is 0 Å². The van der Waals surface area contributed by atoms with E-state index in [4.69, 9.17) is 11.6 Å². The van der Waals surface area contributed by atoms with Gasteiger partial charge >= 0.3 is 0 Å². The SMILES string of the molecule is N#Cc1ccccc1-c1ccc(CNc2ccc(Cl)cc2[N+](=O)[O-])cc1. The highest BCUT2D eigenvalue weighted by atomic mass is 35.5. The molecule has 128 valence electrons. The summed E-state index contributed by atoms with van der Waals surface area (Å²) in [7, 11) is 0. The van der Waals surface area contributed by atoms with Crippen molar-refractivity contribution in [3.63, 3.8) is 0 Å². The lowest BCUT2D eigenvalue weighted by Gasteiger charge is -2.09. The van der Waals surface area contributed by atoms with Gasteiger partial charge in [0.25, 0.3) is 5.69 Å². The molecule has 0 saturated carbocycles. The summed E-state index contributed by atoms with van der Waals surface area (Å²) in [5, 5.41) is 23.7. The van der Waals surface area contributed by atoms with Crippen LogP contribution in [-0.4, -0.2) is 4.92 Å². The van der Waals surface area contributed by atoms with E-state index in [0.717, 1.165) is 16.7 Å². The van der Waals surface area contributed by atoms with Crippen molar-refractivity contribution >= 4 is 23.0 Å². The predicted octanol–water partition coefficient (Wildman–Crippen LogP) is 5.40. The first-order chi connectivity index (χ1) is 12.6. The lowest BCUT2D eigenvalue weighted by atomic mass is 9.99. The molecule has 0 fully saturated rings. The fourth-order valence-corrected chi connectivity index (χ4v) is 2.80. The van der Waals surface area contributed by atoms with Crippen LogP contribution < -0.4 is 5.32 Å². The van der Waals surface area contributed by atoms with Crippen molar-refractivity contribution in [3.05, 3.63) is 93.0 Å². The molecule has 26 heavy (non-hydrogen) atoms. The molecule has 3 rings (SSSR count). The van der Waals surface area contributed by atoms with Crippen molar-refractivity contribution < 1.29 is 4.92 Å². The molecule has 0 heterocycles. The zero-order valence-electron chi connectivity index (χ0n) is 13.6. The van der Waals surface area contributed by atoms with Crippen LogP contribution in [0.3, 0.4) is 0 Å². The molecule has 0 bridgehead atoms. The number of nitrogens with one attached hydrogen (secondary N) is 1. The number of hydrogen-bond donors (Lipinski definition) is 1. The molecular formula is C20H14ClN3O2. The van der Waals surface area contributed by atoms with E-state index in [9.17, 15) is 15.4 Å². The predicted molar refractivity (Wildman–Crippen MR) is 102 cm³/mol. The molecule has 0 amide bonds. The third-order valence-electron chi connectivity index (χ3n) is 3.95. The van der Waals surface area contributed by atoms with Crippen molar-refractivity contribution in [2.24, 2.45) is 0 Å². The fourth-order valence-electron chi connectivity index (χ4n) is 2.64. The number of nitriles is 1. The van der Waals surface area contributed by atoms with E-state index in [2.05, 4.69) is 11.4 Å². The molecule has 0 spiro atoms. The van der Waals surface area contributed by atoms with E-state index in [1.807, 2.05) is 42.5 Å². The highest BCUT2D eigenvalue weighted by Gasteiger charge is 2.14. The summed E-state index contributed by atoms with van der Waals surface area (Å²) in [6.45, 7) is 0.433. The highest BCUT2D eigenvalue weighted by Crippen LogP contribution is 2.28. The van der Waals surface area contributed by atoms with Crippen LogP contribution >= 0.6 is 11.6 Å². The summed E-state index contributed by atoms with van der Waals surface area (Å²) in [5.74, 6) is 0. The van der Waals surface area contributed by atoms with Gasteiger partial charge in [-0.2, -0.15) is 5.26 Å². The van der Waals surface area contributed by atoms with Gasteiger partial charge in [-0.1, -0.05) is 54.1 Å². The smallest absolute Gasteiger partial charge is 0.293 e. The topological polar surface area (TPSA) is 79.0 Å². The molecule has 0 aliphatic carbocycles. The van der Waals surface area contributed by atoms with Gasteiger partial charge in [0.05, 0.1) is 16.6 Å². The maximum atomic E-state index is 11.1. The molecule has 3 aromatic rings. The molecule has 6 heteroatoms. The minimum Gasteiger partial charge on any atom is -0.375 e. The highest BCUT2D eigenvalue weighted by molar-refractivity contribution is 6.30. The summed E-state index contributed by atoms with van der Waals surface area (Å²) in [6.07, 6.45) is 0. The molecule has 0 aromatic heterocycles. The Labute approximate surface area is 155 Å². The molecule has 0 aliphatic rings. The Morgan fingerprint density at radius 3 is 2.50 bits per heavy atom. The average molecular weight is 364 g/mol. The van der Waals surface area contributed by atoms with E-state index in [-0.39, 0.29) is 5.69 Å². The third kappa shape index (κ3) is 3.82. The number of nitrogens with zero attached hydrogens (tertiary/aromatic N) is 2. The minimum atomic E-state index is -0.462. The quantitative estimate of drug-likeness (QED) is 0.486. The second-order valence-corrected chi connectivity index (χ2v) is 6.06. The van der Waals surface area contributed by atoms with Crippen molar-refractivity contribution in [2.45, 2.75) is 6.54 Å². The molecule has 0 aliphatic heterocycles. The van der Waals surface area contributed by atoms with Gasteiger partial charge in [0.2, 0.25) is 0 Å². The van der Waals surface area contributed by atoms with Gasteiger partial charge < -0.3 is 5.32 Å². The van der Waals surface area contributed by atoms with Gasteiger partial charge in [0.1, 0.15) is 5.69 Å². The number of nitro benzene ring substituents is 1. The van der Waals surface area contributed by atoms with Crippen LogP contribution in [0.4, 0.5) is 11.4 Å². The van der Waals surface area contributed by atoms with Gasteiger partial charge in [-0.3, -0.25) is 10.1 Å². The Morgan fingerprint density at radius 1 is 1.08 bits per heavy atom. The minimum absolute atomic E-state index is 0.0583. The van der Waals surface area contributed by atoms with Crippen LogP contribution in [0.1, 0.15) is 11.1 Å². The van der Waals surface area contributed by atoms with E-state index in [0.29, 0.717) is 22.8 Å². The lowest BCUT2D eigenvalue weighted by Crippen LogP contribution is -2.02. The summed E-state index contributed by atoms with van der Waals surface area (Å²) in [6, 6.07) is 21.9. The number of hydrogen-bond acceptors (Lipinski definition) is 4. The van der Waals surface area contributed by atoms with Gasteiger partial charge in [0.15, 0.2) is 0 Å². The first-order valence-electron chi connectivity index (χ1n) is 7.85. The fraction of sp³-hybridized carbons (Fsp3) is 0.0500. The van der Waals surface area contributed by atoms with Crippen LogP contribution in [0.5, 0.6) is 0 Å². The third-order valence-corrected chi connectivity index (χ3v) is 4.19. The van der Waals surface area contributed by atoms with Crippen molar-refractivity contribution in [1.82, 2.24) is 0 Å². The maximum Gasteiger partial charge on any atom is 0.293 e. The molecule has 0 radical (unpaired) electrons. The van der Waals surface area contributed by atoms with Crippen molar-refractivity contribution in [1.29, 1.82) is 5.26 Å². The van der Waals surface area contributed by atoms with Crippen molar-refractivity contribution in [3.8, 4) is 17.2 Å². The number of halogens is 1. The van der Waals surface area contributed by atoms with Gasteiger partial charge in [-0.15, -0.1) is 0 Å². The number of nitro groups is 1. The van der Waals surface area contributed by atoms with Gasteiger partial charge in [0, 0.05) is 17.6 Å². The maximum absolute atomic E-state index is 11.1. The zero-order valence-corrected chi connectivity index (χ0v) is 14.4. The average Bonchev–Trinajstić information content (AvgIpc) is 2.67. The number of anilines is 1. The molecule has 1 N–H and O–H groups in total. The lowest BCUT2D eigenvalue weighted by molar-refractivity contribution is -0.383. The summed E-state index contributed by atoms with van der Waals surface area (Å²) in [4.78, 5) is 10.7. The molecule has 5 nitrogen and oxygen atoms in total. The summed E-state index contributed by atoms with van der Waals surface area (Å²) >= 11 is 5.82. The molecule has 0 unspecified atom stereocenters. The summed E-state index contributed by atoms with van der Waals surface area (Å²) < 4.78 is 0. The molecule has 3 aromatic carbocycles. The van der Waals surface area contributed by atoms with Crippen LogP contribution in [-0.2, 0) is 6.54 Å². The zero-order chi connectivity index (χ0) is 18.5. The van der Waals surface area contributed by atoms with Gasteiger partial charge in [-0.05, 0) is 34.9 Å². The van der Waals surface area contributed by atoms with Crippen LogP contribution in [0.15, 0.2) is 66.7 Å². The van der Waals surface area contributed by atoms with Crippen LogP contribution in [0.2, 0.25) is 5.02 Å². The van der Waals surface area contributed by atoms with Crippen LogP contribution in [0.25, 0.3) is 11.1 Å². The first-order valence-corrected chi connectivity index (χ1v) is 8.22. The Morgan fingerprint density at radius 2 is 1.81 bits per heavy atom. The van der Waals surface area contributed by atoms with E-state index in [1.165, 1.54) is 6.07 Å². The second kappa shape index (κ2) is 7.68. The molecular weight excluding hydrogens is 350 g/mol. The standard InChI is InChI=1S/C20H14ClN3O2/c21-17-9-10-19(20(11-17)24(25)26)23-13-14-5-7-15(8-6-14)18-4-2-1-3-16(18)12-22/h1-11,23H,13H2. The second-order valence-electron chi connectivity index (χ2n) is 5.63. The Hall–Kier alpha value is -3.36.